The molecular weight excluding hydrogens is 233 g/mol. The quantitative estimate of drug-likeness (QED) is 0.593. The van der Waals surface area contributed by atoms with Crippen LogP contribution in [0.25, 0.3) is 0 Å². The van der Waals surface area contributed by atoms with Crippen molar-refractivity contribution in [2.24, 2.45) is 0 Å². The topological polar surface area (TPSA) is 29.0 Å². The van der Waals surface area contributed by atoms with Gasteiger partial charge in [-0.05, 0) is 37.9 Å². The lowest BCUT2D eigenvalue weighted by Gasteiger charge is -2.20. The SMILES string of the molecule is C[C@H]1CCCN1Cc1cnc(Cl)nc1Cl. The molecule has 82 valence electrons. The van der Waals surface area contributed by atoms with Gasteiger partial charge in [0.15, 0.2) is 0 Å². The second-order valence-electron chi connectivity index (χ2n) is 3.92. The number of hydrogen-bond acceptors (Lipinski definition) is 3. The molecule has 0 N–H and O–H groups in total. The summed E-state index contributed by atoms with van der Waals surface area (Å²) in [5, 5.41) is 0.673. The summed E-state index contributed by atoms with van der Waals surface area (Å²) in [6.07, 6.45) is 4.22. The highest BCUT2D eigenvalue weighted by atomic mass is 35.5. The van der Waals surface area contributed by atoms with Gasteiger partial charge in [-0.1, -0.05) is 11.6 Å². The highest BCUT2D eigenvalue weighted by molar-refractivity contribution is 6.32. The van der Waals surface area contributed by atoms with Crippen molar-refractivity contribution >= 4 is 23.2 Å². The number of halogens is 2. The van der Waals surface area contributed by atoms with E-state index in [4.69, 9.17) is 23.2 Å². The summed E-state index contributed by atoms with van der Waals surface area (Å²) in [6, 6.07) is 0.622. The summed E-state index contributed by atoms with van der Waals surface area (Å²) < 4.78 is 0. The first-order chi connectivity index (χ1) is 7.16. The maximum Gasteiger partial charge on any atom is 0.223 e. The van der Waals surface area contributed by atoms with Crippen LogP contribution in [0.1, 0.15) is 25.3 Å². The summed E-state index contributed by atoms with van der Waals surface area (Å²) in [4.78, 5) is 10.3. The van der Waals surface area contributed by atoms with Crippen LogP contribution >= 0.6 is 23.2 Å². The van der Waals surface area contributed by atoms with Gasteiger partial charge in [0, 0.05) is 24.3 Å². The molecule has 2 heterocycles. The van der Waals surface area contributed by atoms with Gasteiger partial charge >= 0.3 is 0 Å². The van der Waals surface area contributed by atoms with Crippen LogP contribution in [-0.2, 0) is 6.54 Å². The van der Waals surface area contributed by atoms with Crippen molar-refractivity contribution in [3.05, 3.63) is 22.2 Å². The molecule has 0 aromatic carbocycles. The van der Waals surface area contributed by atoms with Crippen molar-refractivity contribution in [3.63, 3.8) is 0 Å². The Morgan fingerprint density at radius 2 is 2.33 bits per heavy atom. The predicted molar refractivity (Wildman–Crippen MR) is 61.2 cm³/mol. The minimum atomic E-state index is 0.207. The Bertz CT molecular complexity index is 357. The first-order valence-corrected chi connectivity index (χ1v) is 5.83. The van der Waals surface area contributed by atoms with Gasteiger partial charge in [-0.3, -0.25) is 4.90 Å². The second-order valence-corrected chi connectivity index (χ2v) is 4.61. The molecule has 1 atom stereocenters. The molecule has 0 unspecified atom stereocenters. The van der Waals surface area contributed by atoms with Crippen LogP contribution in [0.5, 0.6) is 0 Å². The maximum absolute atomic E-state index is 5.99. The summed E-state index contributed by atoms with van der Waals surface area (Å²) in [7, 11) is 0. The van der Waals surface area contributed by atoms with Crippen molar-refractivity contribution in [2.75, 3.05) is 6.54 Å². The number of rotatable bonds is 2. The van der Waals surface area contributed by atoms with Crippen molar-refractivity contribution in [3.8, 4) is 0 Å². The summed E-state index contributed by atoms with van der Waals surface area (Å²) in [5.41, 5.74) is 0.954. The van der Waals surface area contributed by atoms with Crippen LogP contribution < -0.4 is 0 Å². The first kappa shape index (κ1) is 11.1. The third-order valence-electron chi connectivity index (χ3n) is 2.85. The lowest BCUT2D eigenvalue weighted by atomic mass is 10.2. The fourth-order valence-electron chi connectivity index (χ4n) is 1.92. The fraction of sp³-hybridized carbons (Fsp3) is 0.600. The summed E-state index contributed by atoms with van der Waals surface area (Å²) in [5.74, 6) is 0. The van der Waals surface area contributed by atoms with Crippen LogP contribution in [-0.4, -0.2) is 27.5 Å². The third kappa shape index (κ3) is 2.60. The van der Waals surface area contributed by atoms with Crippen LogP contribution in [0.2, 0.25) is 10.4 Å². The smallest absolute Gasteiger partial charge is 0.223 e. The van der Waals surface area contributed by atoms with E-state index in [-0.39, 0.29) is 5.28 Å². The van der Waals surface area contributed by atoms with E-state index in [0.29, 0.717) is 11.2 Å². The molecule has 0 aliphatic carbocycles. The standard InChI is InChI=1S/C10H13Cl2N3/c1-7-3-2-4-15(7)6-8-5-13-10(12)14-9(8)11/h5,7H,2-4,6H2,1H3/t7-/m0/s1. The minimum Gasteiger partial charge on any atom is -0.296 e. The Hall–Kier alpha value is -0.380. The van der Waals surface area contributed by atoms with Gasteiger partial charge in [-0.25, -0.2) is 9.97 Å². The van der Waals surface area contributed by atoms with Gasteiger partial charge < -0.3 is 0 Å². The highest BCUT2D eigenvalue weighted by Crippen LogP contribution is 2.22. The summed E-state index contributed by atoms with van der Waals surface area (Å²) >= 11 is 11.6. The van der Waals surface area contributed by atoms with E-state index in [1.807, 2.05) is 0 Å². The van der Waals surface area contributed by atoms with E-state index < -0.39 is 0 Å². The zero-order chi connectivity index (χ0) is 10.8. The van der Waals surface area contributed by atoms with E-state index in [2.05, 4.69) is 21.8 Å². The van der Waals surface area contributed by atoms with Gasteiger partial charge in [-0.2, -0.15) is 0 Å². The van der Waals surface area contributed by atoms with Crippen LogP contribution in [0.3, 0.4) is 0 Å². The average molecular weight is 246 g/mol. The van der Waals surface area contributed by atoms with E-state index >= 15 is 0 Å². The lowest BCUT2D eigenvalue weighted by Crippen LogP contribution is -2.26. The molecule has 0 radical (unpaired) electrons. The Morgan fingerprint density at radius 1 is 1.53 bits per heavy atom. The molecule has 0 amide bonds. The first-order valence-electron chi connectivity index (χ1n) is 5.08. The van der Waals surface area contributed by atoms with E-state index in [1.54, 1.807) is 6.20 Å². The predicted octanol–water partition coefficient (Wildman–Crippen LogP) is 2.77. The van der Waals surface area contributed by atoms with Crippen molar-refractivity contribution in [1.29, 1.82) is 0 Å². The number of likely N-dealkylation sites (tertiary alicyclic amines) is 1. The van der Waals surface area contributed by atoms with Crippen molar-refractivity contribution < 1.29 is 0 Å². The van der Waals surface area contributed by atoms with Gasteiger partial charge in [0.05, 0.1) is 0 Å². The molecule has 0 spiro atoms. The number of aromatic nitrogens is 2. The Morgan fingerprint density at radius 3 is 2.93 bits per heavy atom. The molecule has 0 saturated carbocycles. The molecule has 2 rings (SSSR count). The molecule has 15 heavy (non-hydrogen) atoms. The molecular formula is C10H13Cl2N3. The molecule has 0 bridgehead atoms. The zero-order valence-electron chi connectivity index (χ0n) is 8.58. The van der Waals surface area contributed by atoms with Crippen LogP contribution in [0.15, 0.2) is 6.20 Å². The molecule has 3 nitrogen and oxygen atoms in total. The lowest BCUT2D eigenvalue weighted by molar-refractivity contribution is 0.260. The fourth-order valence-corrected chi connectivity index (χ4v) is 2.28. The monoisotopic (exact) mass is 245 g/mol. The molecule has 1 fully saturated rings. The number of hydrogen-bond donors (Lipinski definition) is 0. The Kier molecular flexibility index (Phi) is 3.44. The van der Waals surface area contributed by atoms with Crippen LogP contribution in [0.4, 0.5) is 0 Å². The molecule has 1 aromatic rings. The van der Waals surface area contributed by atoms with E-state index in [1.165, 1.54) is 12.8 Å². The number of nitrogens with zero attached hydrogens (tertiary/aromatic N) is 3. The van der Waals surface area contributed by atoms with E-state index in [9.17, 15) is 0 Å². The van der Waals surface area contributed by atoms with Gasteiger partial charge in [-0.15, -0.1) is 0 Å². The minimum absolute atomic E-state index is 0.207. The Labute approximate surface area is 99.4 Å². The summed E-state index contributed by atoms with van der Waals surface area (Å²) in [6.45, 7) is 4.18. The van der Waals surface area contributed by atoms with Crippen molar-refractivity contribution in [2.45, 2.75) is 32.4 Å². The molecule has 1 aliphatic heterocycles. The second kappa shape index (κ2) is 4.64. The normalized spacial score (nSPS) is 22.2. The van der Waals surface area contributed by atoms with Gasteiger partial charge in [0.1, 0.15) is 5.15 Å². The van der Waals surface area contributed by atoms with Crippen molar-refractivity contribution in [1.82, 2.24) is 14.9 Å². The zero-order valence-corrected chi connectivity index (χ0v) is 10.1. The average Bonchev–Trinajstić information content (AvgIpc) is 2.57. The molecule has 1 aromatic heterocycles. The third-order valence-corrected chi connectivity index (χ3v) is 3.36. The molecule has 1 saturated heterocycles. The highest BCUT2D eigenvalue weighted by Gasteiger charge is 2.21. The maximum atomic E-state index is 5.99. The largest absolute Gasteiger partial charge is 0.296 e. The van der Waals surface area contributed by atoms with Gasteiger partial charge in [0.25, 0.3) is 0 Å². The van der Waals surface area contributed by atoms with E-state index in [0.717, 1.165) is 18.7 Å². The Balaban J connectivity index is 2.10. The van der Waals surface area contributed by atoms with Gasteiger partial charge in [0.2, 0.25) is 5.28 Å². The molecule has 1 aliphatic rings. The van der Waals surface area contributed by atoms with Crippen LogP contribution in [0, 0.1) is 0 Å². The molecule has 5 heteroatoms.